The highest BCUT2D eigenvalue weighted by Crippen LogP contribution is 2.24. The lowest BCUT2D eigenvalue weighted by molar-refractivity contribution is 0.0602. The van der Waals surface area contributed by atoms with E-state index in [1.54, 1.807) is 16.8 Å². The zero-order valence-electron chi connectivity index (χ0n) is 15.6. The zero-order valence-corrected chi connectivity index (χ0v) is 15.6. The number of tetrazole rings is 1. The summed E-state index contributed by atoms with van der Waals surface area (Å²) < 4.78 is 1.57. The third kappa shape index (κ3) is 4.03. The van der Waals surface area contributed by atoms with Crippen LogP contribution in [-0.2, 0) is 6.42 Å². The van der Waals surface area contributed by atoms with Gasteiger partial charge in [0, 0.05) is 18.2 Å². The van der Waals surface area contributed by atoms with Gasteiger partial charge in [0.1, 0.15) is 12.1 Å². The molecule has 1 fully saturated rings. The molecule has 2 heterocycles. The molecule has 28 heavy (non-hydrogen) atoms. The monoisotopic (exact) mass is 377 g/mol. The fourth-order valence-electron chi connectivity index (χ4n) is 3.77. The minimum atomic E-state index is 0.0821. The first-order valence-electron chi connectivity index (χ1n) is 9.63. The van der Waals surface area contributed by atoms with E-state index in [4.69, 9.17) is 0 Å². The van der Waals surface area contributed by atoms with Gasteiger partial charge in [0.25, 0.3) is 5.91 Å². The molecule has 1 aliphatic heterocycles. The zero-order chi connectivity index (χ0) is 19.3. The Labute approximate surface area is 163 Å². The molecule has 1 amide bonds. The molecule has 3 aromatic rings. The second kappa shape index (κ2) is 8.21. The van der Waals surface area contributed by atoms with Crippen LogP contribution in [0.2, 0.25) is 0 Å². The van der Waals surface area contributed by atoms with Crippen LogP contribution in [0.3, 0.4) is 0 Å². The molecule has 0 saturated carbocycles. The summed E-state index contributed by atoms with van der Waals surface area (Å²) in [5, 5.41) is 20.6. The molecule has 4 rings (SSSR count). The Balaban J connectivity index is 1.44. The molecule has 1 aromatic heterocycles. The van der Waals surface area contributed by atoms with Gasteiger partial charge in [-0.25, -0.2) is 4.68 Å². The van der Waals surface area contributed by atoms with Crippen LogP contribution in [0.4, 0.5) is 0 Å². The molecule has 0 bridgehead atoms. The lowest BCUT2D eigenvalue weighted by Gasteiger charge is -2.36. The molecule has 144 valence electrons. The summed E-state index contributed by atoms with van der Waals surface area (Å²) in [6.07, 6.45) is 6.59. The fraction of sp³-hybridized carbons (Fsp3) is 0.333. The van der Waals surface area contributed by atoms with E-state index in [0.29, 0.717) is 5.56 Å². The molecule has 2 aromatic carbocycles. The number of likely N-dealkylation sites (tertiary alicyclic amines) is 1. The Bertz CT molecular complexity index is 907. The van der Waals surface area contributed by atoms with Gasteiger partial charge in [-0.1, -0.05) is 12.1 Å². The molecule has 1 unspecified atom stereocenters. The van der Waals surface area contributed by atoms with Gasteiger partial charge >= 0.3 is 0 Å². The van der Waals surface area contributed by atoms with Crippen LogP contribution in [0.15, 0.2) is 54.9 Å². The van der Waals surface area contributed by atoms with E-state index < -0.39 is 0 Å². The van der Waals surface area contributed by atoms with Gasteiger partial charge in [-0.2, -0.15) is 0 Å². The van der Waals surface area contributed by atoms with Crippen LogP contribution in [0.25, 0.3) is 5.69 Å². The Kier molecular flexibility index (Phi) is 5.32. The second-order valence-electron chi connectivity index (χ2n) is 7.15. The Hall–Kier alpha value is -3.22. The smallest absolute Gasteiger partial charge is 0.254 e. The van der Waals surface area contributed by atoms with Crippen molar-refractivity contribution in [1.29, 1.82) is 0 Å². The number of carbonyl (C=O) groups excluding carboxylic acids is 1. The van der Waals surface area contributed by atoms with Crippen LogP contribution in [-0.4, -0.2) is 48.7 Å². The SMILES string of the molecule is O=C(c1ccc(-n2cnnn2)cc1)N1CCCCC1CCc1ccc(O)cc1. The number of hydrogen-bond donors (Lipinski definition) is 1. The van der Waals surface area contributed by atoms with Crippen molar-refractivity contribution in [2.45, 2.75) is 38.1 Å². The first-order valence-corrected chi connectivity index (χ1v) is 9.63. The van der Waals surface area contributed by atoms with E-state index in [0.717, 1.165) is 44.3 Å². The van der Waals surface area contributed by atoms with Crippen molar-refractivity contribution in [2.24, 2.45) is 0 Å². The number of carbonyl (C=O) groups is 1. The maximum absolute atomic E-state index is 13.1. The minimum absolute atomic E-state index is 0.0821. The van der Waals surface area contributed by atoms with E-state index in [-0.39, 0.29) is 17.7 Å². The number of phenolic OH excluding ortho intramolecular Hbond substituents is 1. The maximum Gasteiger partial charge on any atom is 0.254 e. The van der Waals surface area contributed by atoms with Crippen LogP contribution in [0, 0.1) is 0 Å². The number of rotatable bonds is 5. The molecule has 7 heteroatoms. The van der Waals surface area contributed by atoms with Crippen molar-refractivity contribution in [3.63, 3.8) is 0 Å². The molecule has 1 N–H and O–H groups in total. The topological polar surface area (TPSA) is 84.1 Å². The first kappa shape index (κ1) is 18.2. The van der Waals surface area contributed by atoms with Gasteiger partial charge in [0.15, 0.2) is 0 Å². The van der Waals surface area contributed by atoms with Crippen molar-refractivity contribution in [3.05, 3.63) is 66.0 Å². The molecule has 1 aliphatic rings. The molecular formula is C21H23N5O2. The third-order valence-corrected chi connectivity index (χ3v) is 5.32. The number of hydrogen-bond acceptors (Lipinski definition) is 5. The van der Waals surface area contributed by atoms with Gasteiger partial charge < -0.3 is 10.0 Å². The lowest BCUT2D eigenvalue weighted by atomic mass is 9.95. The number of aromatic hydroxyl groups is 1. The maximum atomic E-state index is 13.1. The van der Waals surface area contributed by atoms with Crippen molar-refractivity contribution >= 4 is 5.91 Å². The third-order valence-electron chi connectivity index (χ3n) is 5.32. The molecule has 0 spiro atoms. The summed E-state index contributed by atoms with van der Waals surface area (Å²) in [7, 11) is 0. The van der Waals surface area contributed by atoms with E-state index in [2.05, 4.69) is 15.5 Å². The highest BCUT2D eigenvalue weighted by atomic mass is 16.3. The Morgan fingerprint density at radius 2 is 1.86 bits per heavy atom. The summed E-state index contributed by atoms with van der Waals surface area (Å²) in [4.78, 5) is 15.1. The van der Waals surface area contributed by atoms with E-state index in [9.17, 15) is 9.90 Å². The summed E-state index contributed by atoms with van der Waals surface area (Å²) in [6, 6.07) is 15.0. The van der Waals surface area contributed by atoms with Gasteiger partial charge in [0.2, 0.25) is 0 Å². The van der Waals surface area contributed by atoms with E-state index in [1.807, 2.05) is 41.3 Å². The first-order chi connectivity index (χ1) is 13.7. The van der Waals surface area contributed by atoms with Crippen molar-refractivity contribution in [3.8, 4) is 11.4 Å². The summed E-state index contributed by atoms with van der Waals surface area (Å²) in [5.41, 5.74) is 2.69. The predicted molar refractivity (Wildman–Crippen MR) is 104 cm³/mol. The van der Waals surface area contributed by atoms with Gasteiger partial charge in [-0.3, -0.25) is 4.79 Å². The number of aryl methyl sites for hydroxylation is 1. The van der Waals surface area contributed by atoms with Crippen LogP contribution < -0.4 is 0 Å². The average Bonchev–Trinajstić information content (AvgIpc) is 3.28. The summed E-state index contributed by atoms with van der Waals surface area (Å²) >= 11 is 0. The molecule has 0 aliphatic carbocycles. The van der Waals surface area contributed by atoms with Crippen molar-refractivity contribution in [2.75, 3.05) is 6.54 Å². The van der Waals surface area contributed by atoms with Crippen molar-refractivity contribution in [1.82, 2.24) is 25.1 Å². The molecule has 1 saturated heterocycles. The largest absolute Gasteiger partial charge is 0.508 e. The standard InChI is InChI=1S/C21H23N5O2/c27-20-12-5-16(6-13-20)4-9-18-3-1-2-14-25(18)21(28)17-7-10-19(11-8-17)26-15-22-23-24-26/h5-8,10-13,15,18,27H,1-4,9,14H2. The number of amides is 1. The summed E-state index contributed by atoms with van der Waals surface area (Å²) in [5.74, 6) is 0.363. The molecule has 0 radical (unpaired) electrons. The minimum Gasteiger partial charge on any atom is -0.508 e. The molecule has 7 nitrogen and oxygen atoms in total. The molecular weight excluding hydrogens is 354 g/mol. The van der Waals surface area contributed by atoms with Crippen LogP contribution in [0.1, 0.15) is 41.6 Å². The number of phenols is 1. The highest BCUT2D eigenvalue weighted by Gasteiger charge is 2.27. The number of piperidine rings is 1. The average molecular weight is 377 g/mol. The lowest BCUT2D eigenvalue weighted by Crippen LogP contribution is -2.44. The number of benzene rings is 2. The van der Waals surface area contributed by atoms with E-state index >= 15 is 0 Å². The second-order valence-corrected chi connectivity index (χ2v) is 7.15. The highest BCUT2D eigenvalue weighted by molar-refractivity contribution is 5.94. The van der Waals surface area contributed by atoms with E-state index in [1.165, 1.54) is 11.9 Å². The van der Waals surface area contributed by atoms with Gasteiger partial charge in [-0.15, -0.1) is 5.10 Å². The number of nitrogens with zero attached hydrogens (tertiary/aromatic N) is 5. The predicted octanol–water partition coefficient (Wildman–Crippen LogP) is 3.00. The summed E-state index contributed by atoms with van der Waals surface area (Å²) in [6.45, 7) is 0.799. The Morgan fingerprint density at radius 3 is 2.57 bits per heavy atom. The Morgan fingerprint density at radius 1 is 1.07 bits per heavy atom. The van der Waals surface area contributed by atoms with Crippen LogP contribution >= 0.6 is 0 Å². The van der Waals surface area contributed by atoms with Gasteiger partial charge in [-0.05, 0) is 84.5 Å². The fourth-order valence-corrected chi connectivity index (χ4v) is 3.77. The quantitative estimate of drug-likeness (QED) is 0.739. The molecule has 1 atom stereocenters. The van der Waals surface area contributed by atoms with Gasteiger partial charge in [0.05, 0.1) is 5.69 Å². The van der Waals surface area contributed by atoms with Crippen molar-refractivity contribution < 1.29 is 9.90 Å². The normalized spacial score (nSPS) is 16.9. The number of aromatic nitrogens is 4. The van der Waals surface area contributed by atoms with Crippen LogP contribution in [0.5, 0.6) is 5.75 Å².